The fourth-order valence-electron chi connectivity index (χ4n) is 4.79. The molecule has 0 N–H and O–H groups in total. The molecule has 3 fully saturated rings. The van der Waals surface area contributed by atoms with E-state index in [2.05, 4.69) is 10.1 Å². The lowest BCUT2D eigenvalue weighted by atomic mass is 10.0. The van der Waals surface area contributed by atoms with Gasteiger partial charge in [0.15, 0.2) is 0 Å². The Kier molecular flexibility index (Phi) is 4.76. The van der Waals surface area contributed by atoms with Crippen LogP contribution in [0.1, 0.15) is 72.6 Å². The van der Waals surface area contributed by atoms with E-state index in [1.807, 2.05) is 22.8 Å². The van der Waals surface area contributed by atoms with Crippen molar-refractivity contribution >= 4 is 22.9 Å². The monoisotopic (exact) mass is 396 g/mol. The Hall–Kier alpha value is -2.44. The molecule has 3 heterocycles. The molecule has 5 rings (SSSR count). The minimum Gasteiger partial charge on any atom is -0.339 e. The van der Waals surface area contributed by atoms with Crippen LogP contribution >= 0.6 is 0 Å². The van der Waals surface area contributed by atoms with Crippen LogP contribution in [0.25, 0.3) is 11.1 Å². The summed E-state index contributed by atoms with van der Waals surface area (Å²) < 4.78 is 5.37. The summed E-state index contributed by atoms with van der Waals surface area (Å²) in [5, 5.41) is 4.75. The number of hydrogen-bond donors (Lipinski definition) is 0. The lowest BCUT2D eigenvalue weighted by Crippen LogP contribution is -2.50. The van der Waals surface area contributed by atoms with E-state index in [1.165, 1.54) is 25.7 Å². The van der Waals surface area contributed by atoms with E-state index in [1.54, 1.807) is 0 Å². The van der Waals surface area contributed by atoms with Crippen molar-refractivity contribution in [2.75, 3.05) is 26.2 Å². The molecule has 29 heavy (non-hydrogen) atoms. The van der Waals surface area contributed by atoms with Crippen LogP contribution in [0.15, 0.2) is 10.6 Å². The van der Waals surface area contributed by atoms with Crippen molar-refractivity contribution in [3.05, 3.63) is 23.0 Å². The van der Waals surface area contributed by atoms with Gasteiger partial charge in [-0.25, -0.2) is 4.98 Å². The van der Waals surface area contributed by atoms with Crippen molar-refractivity contribution in [2.45, 2.75) is 57.8 Å². The Morgan fingerprint density at radius 3 is 2.45 bits per heavy atom. The predicted molar refractivity (Wildman–Crippen MR) is 108 cm³/mol. The first kappa shape index (κ1) is 18.6. The molecule has 0 atom stereocenters. The molecule has 2 aromatic rings. The highest BCUT2D eigenvalue weighted by molar-refractivity contribution is 6.06. The highest BCUT2D eigenvalue weighted by Gasteiger charge is 2.32. The predicted octanol–water partition coefficient (Wildman–Crippen LogP) is 3.27. The maximum absolute atomic E-state index is 13.3. The maximum atomic E-state index is 13.3. The van der Waals surface area contributed by atoms with Gasteiger partial charge in [0.2, 0.25) is 5.91 Å². The molecule has 1 saturated heterocycles. The molecule has 2 aromatic heterocycles. The molecule has 7 heteroatoms. The number of hydrogen-bond acceptors (Lipinski definition) is 5. The third-order valence-electron chi connectivity index (χ3n) is 6.72. The van der Waals surface area contributed by atoms with Gasteiger partial charge in [-0.3, -0.25) is 9.59 Å². The highest BCUT2D eigenvalue weighted by Crippen LogP contribution is 2.40. The SMILES string of the molecule is Cc1noc2nc(C3CC3)cc(C(=O)N3CCN(C(=O)CC4CCCC4)CC3)c12. The van der Waals surface area contributed by atoms with Gasteiger partial charge in [0.05, 0.1) is 16.6 Å². The van der Waals surface area contributed by atoms with Gasteiger partial charge in [-0.1, -0.05) is 18.0 Å². The van der Waals surface area contributed by atoms with Crippen molar-refractivity contribution < 1.29 is 14.1 Å². The average Bonchev–Trinajstić information content (AvgIpc) is 3.35. The topological polar surface area (TPSA) is 79.5 Å². The third-order valence-corrected chi connectivity index (χ3v) is 6.72. The number of carbonyl (C=O) groups excluding carboxylic acids is 2. The quantitative estimate of drug-likeness (QED) is 0.792. The van der Waals surface area contributed by atoms with E-state index in [0.29, 0.717) is 61.4 Å². The van der Waals surface area contributed by atoms with Crippen LogP contribution in [-0.2, 0) is 4.79 Å². The molecular weight excluding hydrogens is 368 g/mol. The van der Waals surface area contributed by atoms with E-state index >= 15 is 0 Å². The Morgan fingerprint density at radius 1 is 1.07 bits per heavy atom. The molecule has 2 amide bonds. The van der Waals surface area contributed by atoms with Crippen LogP contribution < -0.4 is 0 Å². The smallest absolute Gasteiger partial charge is 0.259 e. The summed E-state index contributed by atoms with van der Waals surface area (Å²) in [6, 6.07) is 1.93. The van der Waals surface area contributed by atoms with Gasteiger partial charge in [0.1, 0.15) is 0 Å². The van der Waals surface area contributed by atoms with Crippen molar-refractivity contribution in [2.24, 2.45) is 5.92 Å². The molecule has 0 unspecified atom stereocenters. The summed E-state index contributed by atoms with van der Waals surface area (Å²) in [6.45, 7) is 4.22. The van der Waals surface area contributed by atoms with Crippen LogP contribution in [0.5, 0.6) is 0 Å². The zero-order valence-corrected chi connectivity index (χ0v) is 17.0. The van der Waals surface area contributed by atoms with Gasteiger partial charge in [-0.15, -0.1) is 0 Å². The highest BCUT2D eigenvalue weighted by atomic mass is 16.5. The first-order chi connectivity index (χ1) is 14.1. The van der Waals surface area contributed by atoms with Gasteiger partial charge in [-0.05, 0) is 44.6 Å². The Bertz CT molecular complexity index is 935. The first-order valence-electron chi connectivity index (χ1n) is 10.9. The second-order valence-electron chi connectivity index (χ2n) is 8.84. The number of amides is 2. The van der Waals surface area contributed by atoms with Crippen LogP contribution in [-0.4, -0.2) is 57.9 Å². The molecule has 0 radical (unpaired) electrons. The maximum Gasteiger partial charge on any atom is 0.259 e. The van der Waals surface area contributed by atoms with Gasteiger partial charge in [-0.2, -0.15) is 0 Å². The van der Waals surface area contributed by atoms with Gasteiger partial charge >= 0.3 is 0 Å². The minimum absolute atomic E-state index is 0.00603. The van der Waals surface area contributed by atoms with Crippen LogP contribution in [0.2, 0.25) is 0 Å². The van der Waals surface area contributed by atoms with Gasteiger partial charge in [0.25, 0.3) is 11.6 Å². The Morgan fingerprint density at radius 2 is 1.76 bits per heavy atom. The average molecular weight is 396 g/mol. The number of carbonyl (C=O) groups is 2. The normalized spacial score (nSPS) is 20.6. The molecular formula is C22H28N4O3. The number of nitrogens with zero attached hydrogens (tertiary/aromatic N) is 4. The lowest BCUT2D eigenvalue weighted by Gasteiger charge is -2.35. The van der Waals surface area contributed by atoms with Crippen molar-refractivity contribution in [3.63, 3.8) is 0 Å². The molecule has 0 spiro atoms. The van der Waals surface area contributed by atoms with Gasteiger partial charge < -0.3 is 14.3 Å². The van der Waals surface area contributed by atoms with E-state index in [-0.39, 0.29) is 11.8 Å². The Balaban J connectivity index is 1.29. The number of pyridine rings is 1. The van der Waals surface area contributed by atoms with E-state index in [0.717, 1.165) is 23.9 Å². The zero-order valence-electron chi connectivity index (χ0n) is 17.0. The first-order valence-corrected chi connectivity index (χ1v) is 10.9. The second kappa shape index (κ2) is 7.43. The molecule has 154 valence electrons. The number of aromatic nitrogens is 2. The molecule has 0 aromatic carbocycles. The molecule has 7 nitrogen and oxygen atoms in total. The molecule has 2 aliphatic carbocycles. The second-order valence-corrected chi connectivity index (χ2v) is 8.84. The number of piperazine rings is 1. The number of fused-ring (bicyclic) bond motifs is 1. The molecule has 3 aliphatic rings. The van der Waals surface area contributed by atoms with Crippen molar-refractivity contribution in [3.8, 4) is 0 Å². The van der Waals surface area contributed by atoms with Crippen molar-refractivity contribution in [1.82, 2.24) is 19.9 Å². The summed E-state index contributed by atoms with van der Waals surface area (Å²) in [4.78, 5) is 34.3. The van der Waals surface area contributed by atoms with Gasteiger partial charge in [0, 0.05) is 44.2 Å². The fourth-order valence-corrected chi connectivity index (χ4v) is 4.79. The van der Waals surface area contributed by atoms with Crippen LogP contribution in [0.3, 0.4) is 0 Å². The third kappa shape index (κ3) is 3.63. The zero-order chi connectivity index (χ0) is 20.0. The molecule has 2 saturated carbocycles. The fraction of sp³-hybridized carbons (Fsp3) is 0.636. The van der Waals surface area contributed by atoms with E-state index in [9.17, 15) is 9.59 Å². The molecule has 1 aliphatic heterocycles. The number of rotatable bonds is 4. The van der Waals surface area contributed by atoms with Crippen LogP contribution in [0.4, 0.5) is 0 Å². The summed E-state index contributed by atoms with van der Waals surface area (Å²) in [5.74, 6) is 1.24. The van der Waals surface area contributed by atoms with E-state index < -0.39 is 0 Å². The standard InChI is InChI=1S/C22H28N4O3/c1-14-20-17(13-18(16-6-7-16)23-21(20)29-24-14)22(28)26-10-8-25(9-11-26)19(27)12-15-4-2-3-5-15/h13,15-16H,2-12H2,1H3. The van der Waals surface area contributed by atoms with Crippen molar-refractivity contribution in [1.29, 1.82) is 0 Å². The number of aryl methyl sites for hydroxylation is 1. The summed E-state index contributed by atoms with van der Waals surface area (Å²) >= 11 is 0. The minimum atomic E-state index is -0.00603. The lowest BCUT2D eigenvalue weighted by molar-refractivity contribution is -0.133. The van der Waals surface area contributed by atoms with E-state index in [4.69, 9.17) is 4.52 Å². The largest absolute Gasteiger partial charge is 0.339 e. The summed E-state index contributed by atoms with van der Waals surface area (Å²) in [5.41, 5.74) is 2.73. The summed E-state index contributed by atoms with van der Waals surface area (Å²) in [6.07, 6.45) is 7.77. The van der Waals surface area contributed by atoms with Crippen LogP contribution in [0, 0.1) is 12.8 Å². The summed E-state index contributed by atoms with van der Waals surface area (Å²) in [7, 11) is 0. The molecule has 0 bridgehead atoms. The Labute approximate surface area is 170 Å².